The maximum atomic E-state index is 6.19. The Hall–Kier alpha value is -0.120. The van der Waals surface area contributed by atoms with E-state index in [-0.39, 0.29) is 6.04 Å². The fourth-order valence-corrected chi connectivity index (χ4v) is 3.11. The van der Waals surface area contributed by atoms with Gasteiger partial charge in [0, 0.05) is 15.0 Å². The molecule has 0 aliphatic rings. The summed E-state index contributed by atoms with van der Waals surface area (Å²) in [4.78, 5) is 0. The molecule has 0 bridgehead atoms. The largest absolute Gasteiger partial charge is 0.324 e. The molecule has 0 aromatic heterocycles. The molecule has 0 amide bonds. The summed E-state index contributed by atoms with van der Waals surface area (Å²) in [5.74, 6) is 0. The highest BCUT2D eigenvalue weighted by molar-refractivity contribution is 9.11. The van der Waals surface area contributed by atoms with Crippen molar-refractivity contribution in [3.63, 3.8) is 0 Å². The molecule has 0 aliphatic carbocycles. The molecule has 0 aliphatic heterocycles. The van der Waals surface area contributed by atoms with E-state index in [1.807, 2.05) is 12.1 Å². The van der Waals surface area contributed by atoms with Gasteiger partial charge in [-0.2, -0.15) is 0 Å². The summed E-state index contributed by atoms with van der Waals surface area (Å²) in [6.07, 6.45) is 7.76. The molecular formula is C14H19Br2N. The van der Waals surface area contributed by atoms with Gasteiger partial charge in [-0.25, -0.2) is 0 Å². The van der Waals surface area contributed by atoms with E-state index in [0.717, 1.165) is 21.8 Å². The van der Waals surface area contributed by atoms with Crippen LogP contribution in [0, 0.1) is 0 Å². The number of benzene rings is 1. The van der Waals surface area contributed by atoms with Gasteiger partial charge >= 0.3 is 0 Å². The van der Waals surface area contributed by atoms with Gasteiger partial charge in [-0.1, -0.05) is 50.8 Å². The third-order valence-corrected chi connectivity index (χ3v) is 3.65. The molecule has 0 saturated carbocycles. The molecular weight excluding hydrogens is 342 g/mol. The Morgan fingerprint density at radius 3 is 2.35 bits per heavy atom. The van der Waals surface area contributed by atoms with E-state index in [2.05, 4.69) is 50.6 Å². The molecule has 0 saturated heterocycles. The van der Waals surface area contributed by atoms with Crippen LogP contribution in [0.2, 0.25) is 0 Å². The van der Waals surface area contributed by atoms with Crippen LogP contribution < -0.4 is 5.73 Å². The quantitative estimate of drug-likeness (QED) is 0.514. The predicted molar refractivity (Wildman–Crippen MR) is 82.1 cm³/mol. The van der Waals surface area contributed by atoms with Gasteiger partial charge in [0.25, 0.3) is 0 Å². The highest BCUT2D eigenvalue weighted by Crippen LogP contribution is 2.25. The maximum Gasteiger partial charge on any atom is 0.0295 e. The first kappa shape index (κ1) is 14.9. The topological polar surface area (TPSA) is 26.0 Å². The fraction of sp³-hybridized carbons (Fsp3) is 0.429. The van der Waals surface area contributed by atoms with E-state index >= 15 is 0 Å². The summed E-state index contributed by atoms with van der Waals surface area (Å²) in [5.41, 5.74) is 7.38. The molecule has 1 aromatic carbocycles. The number of allylic oxidation sites excluding steroid dienone is 1. The second-order valence-electron chi connectivity index (χ2n) is 4.24. The lowest BCUT2D eigenvalue weighted by Crippen LogP contribution is -2.10. The zero-order valence-electron chi connectivity index (χ0n) is 9.96. The Kier molecular flexibility index (Phi) is 7.09. The van der Waals surface area contributed by atoms with E-state index in [0.29, 0.717) is 0 Å². The van der Waals surface area contributed by atoms with E-state index in [4.69, 9.17) is 5.73 Å². The van der Waals surface area contributed by atoms with Gasteiger partial charge in [-0.3, -0.25) is 0 Å². The molecule has 94 valence electrons. The van der Waals surface area contributed by atoms with Crippen molar-refractivity contribution in [2.75, 3.05) is 0 Å². The molecule has 17 heavy (non-hydrogen) atoms. The van der Waals surface area contributed by atoms with Crippen molar-refractivity contribution >= 4 is 31.9 Å². The molecule has 1 atom stereocenters. The lowest BCUT2D eigenvalue weighted by molar-refractivity contribution is 0.572. The molecule has 2 N–H and O–H groups in total. The average molecular weight is 361 g/mol. The standard InChI is InChI=1S/C14H19Br2N/c1-2-3-4-5-6-7-14(17)11-8-12(15)10-13(16)9-11/h2,8-10,14H,1,3-7,17H2. The lowest BCUT2D eigenvalue weighted by atomic mass is 10.0. The summed E-state index contributed by atoms with van der Waals surface area (Å²) in [7, 11) is 0. The summed E-state index contributed by atoms with van der Waals surface area (Å²) >= 11 is 6.97. The van der Waals surface area contributed by atoms with Gasteiger partial charge in [0.1, 0.15) is 0 Å². The number of halogens is 2. The molecule has 0 radical (unpaired) electrons. The first-order chi connectivity index (χ1) is 8.13. The molecule has 0 spiro atoms. The van der Waals surface area contributed by atoms with Crippen LogP contribution >= 0.6 is 31.9 Å². The van der Waals surface area contributed by atoms with Crippen LogP contribution in [0.3, 0.4) is 0 Å². The van der Waals surface area contributed by atoms with Gasteiger partial charge < -0.3 is 5.73 Å². The number of unbranched alkanes of at least 4 members (excludes halogenated alkanes) is 3. The highest BCUT2D eigenvalue weighted by atomic mass is 79.9. The first-order valence-corrected chi connectivity index (χ1v) is 7.54. The van der Waals surface area contributed by atoms with Gasteiger partial charge in [-0.05, 0) is 43.0 Å². The number of nitrogens with two attached hydrogens (primary N) is 1. The Bertz CT molecular complexity index is 343. The normalized spacial score (nSPS) is 12.4. The summed E-state index contributed by atoms with van der Waals surface area (Å²) in [5, 5.41) is 0. The van der Waals surface area contributed by atoms with Gasteiger partial charge in [0.05, 0.1) is 0 Å². The van der Waals surface area contributed by atoms with Crippen molar-refractivity contribution in [2.45, 2.75) is 38.1 Å². The van der Waals surface area contributed by atoms with Gasteiger partial charge in [0.2, 0.25) is 0 Å². The Labute approximate surface area is 121 Å². The van der Waals surface area contributed by atoms with Crippen LogP contribution in [0.4, 0.5) is 0 Å². The van der Waals surface area contributed by atoms with Gasteiger partial charge in [0.15, 0.2) is 0 Å². The monoisotopic (exact) mass is 359 g/mol. The lowest BCUT2D eigenvalue weighted by Gasteiger charge is -2.12. The average Bonchev–Trinajstić information content (AvgIpc) is 2.27. The second-order valence-corrected chi connectivity index (χ2v) is 6.07. The minimum absolute atomic E-state index is 0.132. The number of hydrogen-bond donors (Lipinski definition) is 1. The highest BCUT2D eigenvalue weighted by Gasteiger charge is 2.07. The van der Waals surface area contributed by atoms with Crippen LogP contribution in [0.25, 0.3) is 0 Å². The Morgan fingerprint density at radius 2 is 1.76 bits per heavy atom. The second kappa shape index (κ2) is 8.06. The van der Waals surface area contributed by atoms with Crippen LogP contribution in [0.1, 0.15) is 43.7 Å². The first-order valence-electron chi connectivity index (χ1n) is 5.96. The molecule has 1 aromatic rings. The Morgan fingerprint density at radius 1 is 1.12 bits per heavy atom. The summed E-state index contributed by atoms with van der Waals surface area (Å²) < 4.78 is 2.15. The summed E-state index contributed by atoms with van der Waals surface area (Å²) in [6.45, 7) is 3.73. The fourth-order valence-electron chi connectivity index (χ4n) is 1.79. The van der Waals surface area contributed by atoms with Crippen molar-refractivity contribution < 1.29 is 0 Å². The zero-order valence-corrected chi connectivity index (χ0v) is 13.1. The maximum absolute atomic E-state index is 6.19. The third kappa shape index (κ3) is 5.84. The van der Waals surface area contributed by atoms with Crippen LogP contribution in [-0.4, -0.2) is 0 Å². The Balaban J connectivity index is 2.40. The van der Waals surface area contributed by atoms with Gasteiger partial charge in [-0.15, -0.1) is 6.58 Å². The molecule has 1 unspecified atom stereocenters. The molecule has 3 heteroatoms. The van der Waals surface area contributed by atoms with E-state index in [9.17, 15) is 0 Å². The van der Waals surface area contributed by atoms with Crippen molar-refractivity contribution in [1.29, 1.82) is 0 Å². The molecule has 1 nitrogen and oxygen atoms in total. The van der Waals surface area contributed by atoms with Crippen LogP contribution in [-0.2, 0) is 0 Å². The predicted octanol–water partition coefficient (Wildman–Crippen LogP) is 5.35. The third-order valence-electron chi connectivity index (χ3n) is 2.74. The SMILES string of the molecule is C=CCCCCCC(N)c1cc(Br)cc(Br)c1. The number of hydrogen-bond acceptors (Lipinski definition) is 1. The molecule has 1 rings (SSSR count). The van der Waals surface area contributed by atoms with Crippen molar-refractivity contribution in [2.24, 2.45) is 5.73 Å². The summed E-state index contributed by atoms with van der Waals surface area (Å²) in [6, 6.07) is 6.35. The minimum Gasteiger partial charge on any atom is -0.324 e. The zero-order chi connectivity index (χ0) is 12.7. The smallest absolute Gasteiger partial charge is 0.0295 e. The molecule has 0 fully saturated rings. The van der Waals surface area contributed by atoms with Crippen molar-refractivity contribution in [3.05, 3.63) is 45.4 Å². The van der Waals surface area contributed by atoms with E-state index < -0.39 is 0 Å². The molecule has 0 heterocycles. The van der Waals surface area contributed by atoms with Crippen LogP contribution in [0.5, 0.6) is 0 Å². The number of rotatable bonds is 7. The van der Waals surface area contributed by atoms with E-state index in [1.165, 1.54) is 24.8 Å². The minimum atomic E-state index is 0.132. The van der Waals surface area contributed by atoms with E-state index in [1.54, 1.807) is 0 Å². The van der Waals surface area contributed by atoms with Crippen molar-refractivity contribution in [1.82, 2.24) is 0 Å². The van der Waals surface area contributed by atoms with Crippen LogP contribution in [0.15, 0.2) is 39.8 Å². The van der Waals surface area contributed by atoms with Crippen molar-refractivity contribution in [3.8, 4) is 0 Å².